The molecule has 1 aromatic heterocycles. The molecular weight excluding hydrogens is 495 g/mol. The summed E-state index contributed by atoms with van der Waals surface area (Å²) in [6.07, 6.45) is -4.77. The fourth-order valence-corrected chi connectivity index (χ4v) is 3.97. The van der Waals surface area contributed by atoms with Crippen LogP contribution in [0.15, 0.2) is 35.1 Å². The number of nitrogens with zero attached hydrogens (tertiary/aromatic N) is 2. The Morgan fingerprint density at radius 1 is 1.26 bits per heavy atom. The van der Waals surface area contributed by atoms with Crippen LogP contribution in [0.1, 0.15) is 57.2 Å². The highest BCUT2D eigenvalue weighted by Gasteiger charge is 2.38. The predicted octanol–water partition coefficient (Wildman–Crippen LogP) is 4.20. The molecule has 1 aromatic carbocycles. The summed E-state index contributed by atoms with van der Waals surface area (Å²) >= 11 is 4.48. The van der Waals surface area contributed by atoms with Crippen LogP contribution in [0.3, 0.4) is 0 Å². The van der Waals surface area contributed by atoms with Gasteiger partial charge in [0.05, 0.1) is 12.6 Å². The molecule has 0 spiro atoms. The first-order chi connectivity index (χ1) is 15.7. The van der Waals surface area contributed by atoms with Crippen molar-refractivity contribution in [1.29, 1.82) is 0 Å². The number of hydrogen-bond acceptors (Lipinski definition) is 6. The summed E-state index contributed by atoms with van der Waals surface area (Å²) < 4.78 is 60.8. The smallest absolute Gasteiger partial charge is 0.449 e. The Hall–Kier alpha value is -2.08. The van der Waals surface area contributed by atoms with Crippen LogP contribution in [-0.2, 0) is 40.0 Å². The van der Waals surface area contributed by atoms with E-state index in [4.69, 9.17) is 11.6 Å². The molecule has 0 amide bonds. The molecule has 188 valence electrons. The number of halogens is 4. The number of aryl methyl sites for hydroxylation is 1. The Kier molecular flexibility index (Phi) is 9.58. The van der Waals surface area contributed by atoms with Crippen molar-refractivity contribution in [2.75, 3.05) is 6.61 Å². The van der Waals surface area contributed by atoms with E-state index in [2.05, 4.69) is 14.4 Å². The standard InChI is InChI=1S/C22H27ClF3N3O4S/c1-5-33-19(31)13-29-18(30)12-16(27-20(29)22(24,25)26)10-11-17(28-34(32)21(2,3)4)14-6-8-15(23)9-7-14/h6-9,12,17,28H,5,10-11,13H2,1-4H3/t17-,34-/m0/s1. The summed E-state index contributed by atoms with van der Waals surface area (Å²) in [4.78, 5) is 27.8. The molecule has 34 heavy (non-hydrogen) atoms. The van der Waals surface area contributed by atoms with Gasteiger partial charge >= 0.3 is 12.1 Å². The second kappa shape index (κ2) is 11.6. The minimum atomic E-state index is -4.96. The lowest BCUT2D eigenvalue weighted by atomic mass is 10.0. The van der Waals surface area contributed by atoms with E-state index in [1.54, 1.807) is 45.0 Å². The molecule has 0 unspecified atom stereocenters. The molecule has 0 saturated heterocycles. The molecule has 0 bridgehead atoms. The second-order valence-corrected chi connectivity index (χ2v) is 10.9. The molecule has 0 fully saturated rings. The normalized spacial score (nSPS) is 14.0. The molecule has 1 heterocycles. The Balaban J connectivity index is 2.34. The van der Waals surface area contributed by atoms with Gasteiger partial charge in [0.1, 0.15) is 11.3 Å². The maximum atomic E-state index is 13.6. The summed E-state index contributed by atoms with van der Waals surface area (Å²) in [5, 5.41) is 0.501. The minimum Gasteiger partial charge on any atom is -0.598 e. The largest absolute Gasteiger partial charge is 0.598 e. The summed E-state index contributed by atoms with van der Waals surface area (Å²) in [6, 6.07) is 7.23. The number of alkyl halides is 3. The van der Waals surface area contributed by atoms with Crippen LogP contribution in [0, 0.1) is 0 Å². The van der Waals surface area contributed by atoms with Crippen LogP contribution in [0.25, 0.3) is 0 Å². The van der Waals surface area contributed by atoms with Gasteiger partial charge in [-0.25, -0.2) is 4.98 Å². The van der Waals surface area contributed by atoms with Gasteiger partial charge in [0.15, 0.2) is 0 Å². The molecule has 2 aromatic rings. The maximum absolute atomic E-state index is 13.6. The van der Waals surface area contributed by atoms with E-state index in [0.29, 0.717) is 5.02 Å². The van der Waals surface area contributed by atoms with E-state index in [-0.39, 0.29) is 29.7 Å². The lowest BCUT2D eigenvalue weighted by Crippen LogP contribution is -2.41. The Bertz CT molecular complexity index is 1040. The molecule has 2 rings (SSSR count). The Morgan fingerprint density at radius 2 is 1.88 bits per heavy atom. The van der Waals surface area contributed by atoms with Crippen LogP contribution in [0.2, 0.25) is 5.02 Å². The quantitative estimate of drug-likeness (QED) is 0.392. The van der Waals surface area contributed by atoms with Gasteiger partial charge in [-0.05, 0) is 58.2 Å². The third-order valence-corrected chi connectivity index (χ3v) is 6.54. The molecule has 0 radical (unpaired) electrons. The third kappa shape index (κ3) is 8.00. The number of aromatic nitrogens is 2. The van der Waals surface area contributed by atoms with Crippen LogP contribution in [-0.4, -0.2) is 31.4 Å². The first kappa shape index (κ1) is 28.2. The molecule has 0 aliphatic carbocycles. The van der Waals surface area contributed by atoms with Gasteiger partial charge in [-0.3, -0.25) is 14.2 Å². The first-order valence-electron chi connectivity index (χ1n) is 10.5. The minimum absolute atomic E-state index is 0.0137. The highest BCUT2D eigenvalue weighted by molar-refractivity contribution is 7.90. The van der Waals surface area contributed by atoms with Crippen LogP contribution in [0.5, 0.6) is 0 Å². The molecule has 7 nitrogen and oxygen atoms in total. The maximum Gasteiger partial charge on any atom is 0.449 e. The Morgan fingerprint density at radius 3 is 2.41 bits per heavy atom. The van der Waals surface area contributed by atoms with Crippen LogP contribution >= 0.6 is 11.6 Å². The Labute approximate surface area is 204 Å². The van der Waals surface area contributed by atoms with Gasteiger partial charge < -0.3 is 9.29 Å². The number of carbonyl (C=O) groups excluding carboxylic acids is 1. The monoisotopic (exact) mass is 521 g/mol. The van der Waals surface area contributed by atoms with E-state index in [9.17, 15) is 27.3 Å². The van der Waals surface area contributed by atoms with Crippen molar-refractivity contribution in [3.8, 4) is 0 Å². The van der Waals surface area contributed by atoms with E-state index >= 15 is 0 Å². The number of esters is 1. The number of rotatable bonds is 9. The zero-order chi connectivity index (χ0) is 25.7. The van der Waals surface area contributed by atoms with Crippen LogP contribution < -0.4 is 10.3 Å². The topological polar surface area (TPSA) is 96.3 Å². The average molecular weight is 522 g/mol. The summed E-state index contributed by atoms with van der Waals surface area (Å²) in [5.41, 5.74) is -0.381. The highest BCUT2D eigenvalue weighted by atomic mass is 35.5. The van der Waals surface area contributed by atoms with E-state index in [0.717, 1.165) is 11.6 Å². The van der Waals surface area contributed by atoms with Gasteiger partial charge in [-0.1, -0.05) is 23.7 Å². The zero-order valence-electron chi connectivity index (χ0n) is 19.2. The molecule has 2 atom stereocenters. The highest BCUT2D eigenvalue weighted by Crippen LogP contribution is 2.28. The fourth-order valence-electron chi connectivity index (χ4n) is 2.97. The van der Waals surface area contributed by atoms with Gasteiger partial charge in [0.25, 0.3) is 5.56 Å². The molecule has 1 N–H and O–H groups in total. The fraction of sp³-hybridized carbons (Fsp3) is 0.500. The van der Waals surface area contributed by atoms with E-state index in [1.165, 1.54) is 6.92 Å². The van der Waals surface area contributed by atoms with E-state index < -0.39 is 52.2 Å². The average Bonchev–Trinajstić information content (AvgIpc) is 2.72. The molecule has 12 heteroatoms. The number of carbonyl (C=O) groups is 1. The SMILES string of the molecule is CCOC(=O)Cn1c(C(F)(F)F)nc(CC[C@H](N[S@@+]([O-])C(C)(C)C)c2ccc(Cl)cc2)cc1=O. The summed E-state index contributed by atoms with van der Waals surface area (Å²) in [6.45, 7) is 5.94. The van der Waals surface area contributed by atoms with Gasteiger partial charge in [-0.2, -0.15) is 13.2 Å². The van der Waals surface area contributed by atoms with Crippen molar-refractivity contribution in [1.82, 2.24) is 14.3 Å². The van der Waals surface area contributed by atoms with Crippen LogP contribution in [0.4, 0.5) is 13.2 Å². The van der Waals surface area contributed by atoms with Gasteiger partial charge in [-0.15, -0.1) is 4.72 Å². The van der Waals surface area contributed by atoms with Gasteiger partial charge in [0.2, 0.25) is 5.82 Å². The number of hydrogen-bond donors (Lipinski definition) is 1. The molecule has 0 aliphatic rings. The number of nitrogens with one attached hydrogen (secondary N) is 1. The lowest BCUT2D eigenvalue weighted by molar-refractivity contribution is -0.152. The van der Waals surface area contributed by atoms with Crippen molar-refractivity contribution in [2.45, 2.75) is 64.0 Å². The van der Waals surface area contributed by atoms with Crippen molar-refractivity contribution < 1.29 is 27.3 Å². The van der Waals surface area contributed by atoms with E-state index in [1.807, 2.05) is 0 Å². The van der Waals surface area contributed by atoms with Crippen molar-refractivity contribution >= 4 is 28.9 Å². The lowest BCUT2D eigenvalue weighted by Gasteiger charge is -2.28. The van der Waals surface area contributed by atoms with Crippen molar-refractivity contribution in [3.63, 3.8) is 0 Å². The molecular formula is C22H27ClF3N3O4S. The number of benzene rings is 1. The predicted molar refractivity (Wildman–Crippen MR) is 124 cm³/mol. The number of ether oxygens (including phenoxy) is 1. The second-order valence-electron chi connectivity index (χ2n) is 8.44. The molecule has 0 saturated carbocycles. The summed E-state index contributed by atoms with van der Waals surface area (Å²) in [7, 11) is 0. The molecule has 0 aliphatic heterocycles. The zero-order valence-corrected chi connectivity index (χ0v) is 20.8. The summed E-state index contributed by atoms with van der Waals surface area (Å²) in [5.74, 6) is -2.45. The van der Waals surface area contributed by atoms with Crippen molar-refractivity contribution in [2.24, 2.45) is 0 Å². The third-order valence-electron chi connectivity index (χ3n) is 4.67. The van der Waals surface area contributed by atoms with Crippen molar-refractivity contribution in [3.05, 3.63) is 62.8 Å². The first-order valence-corrected chi connectivity index (χ1v) is 12.0. The van der Waals surface area contributed by atoms with Gasteiger partial charge in [0, 0.05) is 28.1 Å².